The molecule has 4 heteroatoms. The van der Waals surface area contributed by atoms with E-state index in [2.05, 4.69) is 27.2 Å². The molecule has 0 saturated heterocycles. The Kier molecular flexibility index (Phi) is 3.77. The Labute approximate surface area is 101 Å². The Morgan fingerprint density at radius 1 is 1.24 bits per heavy atom. The maximum absolute atomic E-state index is 4.37. The average Bonchev–Trinajstić information content (AvgIpc) is 2.38. The molecular weight excluding hydrogens is 212 g/mol. The molecule has 1 unspecified atom stereocenters. The molecule has 0 radical (unpaired) electrons. The third-order valence-corrected chi connectivity index (χ3v) is 2.49. The standard InChI is InChI=1S/C13H16N4/c1-3-15-12(11-5-4-6-14-9-11)13-16-7-10(2)8-17-13/h4-9,12,15H,3H2,1-2H3. The Hall–Kier alpha value is -1.81. The van der Waals surface area contributed by atoms with Crippen molar-refractivity contribution in [3.05, 3.63) is 53.9 Å². The number of aryl methyl sites for hydroxylation is 1. The summed E-state index contributed by atoms with van der Waals surface area (Å²) in [4.78, 5) is 12.9. The van der Waals surface area contributed by atoms with E-state index in [0.717, 1.165) is 23.5 Å². The fourth-order valence-electron chi connectivity index (χ4n) is 1.66. The molecule has 0 bridgehead atoms. The van der Waals surface area contributed by atoms with E-state index in [1.54, 1.807) is 6.20 Å². The van der Waals surface area contributed by atoms with Gasteiger partial charge in [0.05, 0.1) is 6.04 Å². The van der Waals surface area contributed by atoms with Crippen molar-refractivity contribution in [3.8, 4) is 0 Å². The van der Waals surface area contributed by atoms with Gasteiger partial charge in [0.25, 0.3) is 0 Å². The van der Waals surface area contributed by atoms with Crippen LogP contribution < -0.4 is 5.32 Å². The minimum absolute atomic E-state index is 0.00861. The van der Waals surface area contributed by atoms with Gasteiger partial charge < -0.3 is 5.32 Å². The number of aromatic nitrogens is 3. The van der Waals surface area contributed by atoms with Gasteiger partial charge in [0.15, 0.2) is 0 Å². The second kappa shape index (κ2) is 5.50. The van der Waals surface area contributed by atoms with E-state index in [1.807, 2.05) is 37.6 Å². The van der Waals surface area contributed by atoms with Crippen LogP contribution in [0.15, 0.2) is 36.9 Å². The minimum atomic E-state index is 0.00861. The zero-order valence-corrected chi connectivity index (χ0v) is 10.1. The van der Waals surface area contributed by atoms with E-state index in [1.165, 1.54) is 0 Å². The Morgan fingerprint density at radius 3 is 2.59 bits per heavy atom. The highest BCUT2D eigenvalue weighted by Gasteiger charge is 2.15. The molecular formula is C13H16N4. The monoisotopic (exact) mass is 228 g/mol. The van der Waals surface area contributed by atoms with Gasteiger partial charge >= 0.3 is 0 Å². The van der Waals surface area contributed by atoms with Crippen LogP contribution in [0.1, 0.15) is 29.9 Å². The lowest BCUT2D eigenvalue weighted by Gasteiger charge is -2.16. The van der Waals surface area contributed by atoms with E-state index < -0.39 is 0 Å². The molecule has 0 saturated carbocycles. The van der Waals surface area contributed by atoms with Crippen molar-refractivity contribution >= 4 is 0 Å². The van der Waals surface area contributed by atoms with Crippen LogP contribution in [0, 0.1) is 6.92 Å². The largest absolute Gasteiger partial charge is 0.304 e. The first kappa shape index (κ1) is 11.7. The van der Waals surface area contributed by atoms with Gasteiger partial charge in [-0.1, -0.05) is 13.0 Å². The topological polar surface area (TPSA) is 50.7 Å². The van der Waals surface area contributed by atoms with Gasteiger partial charge in [0.2, 0.25) is 0 Å². The zero-order valence-electron chi connectivity index (χ0n) is 10.1. The second-order valence-corrected chi connectivity index (χ2v) is 3.90. The second-order valence-electron chi connectivity index (χ2n) is 3.90. The zero-order chi connectivity index (χ0) is 12.1. The molecule has 0 aliphatic heterocycles. The Balaban J connectivity index is 2.32. The first-order chi connectivity index (χ1) is 8.31. The SMILES string of the molecule is CCNC(c1cccnc1)c1ncc(C)cn1. The van der Waals surface area contributed by atoms with Crippen LogP contribution in [0.2, 0.25) is 0 Å². The van der Waals surface area contributed by atoms with Crippen molar-refractivity contribution in [2.75, 3.05) is 6.54 Å². The summed E-state index contributed by atoms with van der Waals surface area (Å²) < 4.78 is 0. The summed E-state index contributed by atoms with van der Waals surface area (Å²) in [6, 6.07) is 3.96. The molecule has 0 aliphatic carbocycles. The van der Waals surface area contributed by atoms with Crippen LogP contribution in [0.25, 0.3) is 0 Å². The summed E-state index contributed by atoms with van der Waals surface area (Å²) in [5, 5.41) is 3.37. The molecule has 0 spiro atoms. The average molecular weight is 228 g/mol. The van der Waals surface area contributed by atoms with Gasteiger partial charge in [-0.2, -0.15) is 0 Å². The normalized spacial score (nSPS) is 12.4. The molecule has 2 aromatic rings. The van der Waals surface area contributed by atoms with Gasteiger partial charge in [-0.25, -0.2) is 9.97 Å². The number of rotatable bonds is 4. The third kappa shape index (κ3) is 2.85. The lowest BCUT2D eigenvalue weighted by molar-refractivity contribution is 0.595. The fraction of sp³-hybridized carbons (Fsp3) is 0.308. The molecule has 2 heterocycles. The summed E-state index contributed by atoms with van der Waals surface area (Å²) in [6.45, 7) is 4.91. The first-order valence-electron chi connectivity index (χ1n) is 5.73. The lowest BCUT2D eigenvalue weighted by atomic mass is 10.1. The summed E-state index contributed by atoms with van der Waals surface area (Å²) in [6.07, 6.45) is 7.28. The quantitative estimate of drug-likeness (QED) is 0.868. The van der Waals surface area contributed by atoms with Gasteiger partial charge in [-0.15, -0.1) is 0 Å². The minimum Gasteiger partial charge on any atom is -0.304 e. The lowest BCUT2D eigenvalue weighted by Crippen LogP contribution is -2.24. The highest BCUT2D eigenvalue weighted by molar-refractivity contribution is 5.21. The van der Waals surface area contributed by atoms with Crippen molar-refractivity contribution in [1.82, 2.24) is 20.3 Å². The first-order valence-corrected chi connectivity index (χ1v) is 5.73. The van der Waals surface area contributed by atoms with Crippen LogP contribution in [0.3, 0.4) is 0 Å². The molecule has 2 aromatic heterocycles. The Bertz CT molecular complexity index is 453. The third-order valence-electron chi connectivity index (χ3n) is 2.49. The maximum atomic E-state index is 4.37. The van der Waals surface area contributed by atoms with Crippen molar-refractivity contribution in [3.63, 3.8) is 0 Å². The summed E-state index contributed by atoms with van der Waals surface area (Å²) in [5.74, 6) is 0.783. The molecule has 1 N–H and O–H groups in total. The highest BCUT2D eigenvalue weighted by atomic mass is 15.0. The van der Waals surface area contributed by atoms with Crippen molar-refractivity contribution in [2.45, 2.75) is 19.9 Å². The molecule has 2 rings (SSSR count). The van der Waals surface area contributed by atoms with Crippen LogP contribution in [-0.2, 0) is 0 Å². The Morgan fingerprint density at radius 2 is 2.00 bits per heavy atom. The van der Waals surface area contributed by atoms with E-state index >= 15 is 0 Å². The van der Waals surface area contributed by atoms with Crippen LogP contribution in [0.5, 0.6) is 0 Å². The molecule has 0 fully saturated rings. The van der Waals surface area contributed by atoms with Gasteiger partial charge in [-0.05, 0) is 30.7 Å². The van der Waals surface area contributed by atoms with E-state index in [-0.39, 0.29) is 6.04 Å². The van der Waals surface area contributed by atoms with Gasteiger partial charge in [0, 0.05) is 24.8 Å². The number of hydrogen-bond donors (Lipinski definition) is 1. The number of pyridine rings is 1. The molecule has 0 aliphatic rings. The van der Waals surface area contributed by atoms with E-state index in [0.29, 0.717) is 0 Å². The van der Waals surface area contributed by atoms with Gasteiger partial charge in [0.1, 0.15) is 5.82 Å². The summed E-state index contributed by atoms with van der Waals surface area (Å²) in [5.41, 5.74) is 2.15. The molecule has 1 atom stereocenters. The molecule has 0 aromatic carbocycles. The predicted octanol–water partition coefficient (Wildman–Crippen LogP) is 1.88. The van der Waals surface area contributed by atoms with E-state index in [9.17, 15) is 0 Å². The predicted molar refractivity (Wildman–Crippen MR) is 66.5 cm³/mol. The van der Waals surface area contributed by atoms with Crippen LogP contribution >= 0.6 is 0 Å². The fourth-order valence-corrected chi connectivity index (χ4v) is 1.66. The molecule has 4 nitrogen and oxygen atoms in total. The summed E-state index contributed by atoms with van der Waals surface area (Å²) >= 11 is 0. The molecule has 0 amide bonds. The van der Waals surface area contributed by atoms with E-state index in [4.69, 9.17) is 0 Å². The van der Waals surface area contributed by atoms with Crippen LogP contribution in [0.4, 0.5) is 0 Å². The number of nitrogens with zero attached hydrogens (tertiary/aromatic N) is 3. The smallest absolute Gasteiger partial charge is 0.149 e. The number of hydrogen-bond acceptors (Lipinski definition) is 4. The molecule has 88 valence electrons. The van der Waals surface area contributed by atoms with Crippen molar-refractivity contribution in [1.29, 1.82) is 0 Å². The van der Waals surface area contributed by atoms with Crippen molar-refractivity contribution in [2.24, 2.45) is 0 Å². The highest BCUT2D eigenvalue weighted by Crippen LogP contribution is 2.17. The number of nitrogens with one attached hydrogen (secondary N) is 1. The van der Waals surface area contributed by atoms with Crippen molar-refractivity contribution < 1.29 is 0 Å². The summed E-state index contributed by atoms with van der Waals surface area (Å²) in [7, 11) is 0. The molecule has 17 heavy (non-hydrogen) atoms. The van der Waals surface area contributed by atoms with Gasteiger partial charge in [-0.3, -0.25) is 4.98 Å². The van der Waals surface area contributed by atoms with Crippen LogP contribution in [-0.4, -0.2) is 21.5 Å². The maximum Gasteiger partial charge on any atom is 0.149 e.